The number of aromatic nitrogens is 2. The lowest BCUT2D eigenvalue weighted by molar-refractivity contribution is -0.291. The number of amidine groups is 1. The minimum Gasteiger partial charge on any atom is -0.494 e. The number of aryl methyl sites for hydroxylation is 3. The number of nitrogens with one attached hydrogen (secondary N) is 1. The van der Waals surface area contributed by atoms with Crippen LogP contribution in [0.4, 0.5) is 14.4 Å². The van der Waals surface area contributed by atoms with Crippen LogP contribution in [0, 0.1) is 0 Å². The molecule has 6 aromatic carbocycles. The molecule has 438 valence electrons. The molecule has 0 atom stereocenters. The number of hydrogen-bond donors (Lipinski definition) is 1. The van der Waals surface area contributed by atoms with Crippen LogP contribution in [0.2, 0.25) is 0 Å². The van der Waals surface area contributed by atoms with E-state index in [9.17, 15) is 0 Å². The molecule has 0 bridgehead atoms. The molecule has 0 unspecified atom stereocenters. The molecule has 13 rings (SSSR count). The number of rotatable bonds is 24. The van der Waals surface area contributed by atoms with Crippen molar-refractivity contribution in [1.29, 1.82) is 0 Å². The summed E-state index contributed by atoms with van der Waals surface area (Å²) in [5, 5.41) is 0. The third-order valence-corrected chi connectivity index (χ3v) is 18.1. The van der Waals surface area contributed by atoms with E-state index >= 15 is 8.63 Å². The first-order valence-corrected chi connectivity index (χ1v) is 32.3. The molecule has 8 aromatic rings. The van der Waals surface area contributed by atoms with Gasteiger partial charge in [-0.05, 0) is 167 Å². The first kappa shape index (κ1) is 57.7. The minimum absolute atomic E-state index is 0.337. The highest BCUT2D eigenvalue weighted by atomic mass is 19.2. The smallest absolute Gasteiger partial charge is 0.494 e. The van der Waals surface area contributed by atoms with Gasteiger partial charge < -0.3 is 36.8 Å². The lowest BCUT2D eigenvalue weighted by Crippen LogP contribution is -2.53. The van der Waals surface area contributed by atoms with E-state index in [1.165, 1.54) is 107 Å². The number of nitrogens with zero attached hydrogens (tertiary/aromatic N) is 3. The van der Waals surface area contributed by atoms with Crippen molar-refractivity contribution in [3.63, 3.8) is 0 Å². The van der Waals surface area contributed by atoms with Crippen molar-refractivity contribution in [3.05, 3.63) is 196 Å². The zero-order valence-electron chi connectivity index (χ0n) is 50.3. The molecule has 0 amide bonds. The Morgan fingerprint density at radius 3 is 1.52 bits per heavy atom. The van der Waals surface area contributed by atoms with Gasteiger partial charge in [0.25, 0.3) is 5.84 Å². The van der Waals surface area contributed by atoms with E-state index in [0.717, 1.165) is 137 Å². The second-order valence-electron chi connectivity index (χ2n) is 23.9. The van der Waals surface area contributed by atoms with Gasteiger partial charge in [0.15, 0.2) is 0 Å². The van der Waals surface area contributed by atoms with Gasteiger partial charge in [-0.15, -0.1) is 0 Å². The molecule has 3 aliphatic carbocycles. The third-order valence-electron chi connectivity index (χ3n) is 18.1. The number of aromatic amines is 1. The van der Waals surface area contributed by atoms with Crippen molar-refractivity contribution in [1.82, 2.24) is 9.46 Å². The number of H-pyrrole nitrogens is 1. The second kappa shape index (κ2) is 26.7. The van der Waals surface area contributed by atoms with Gasteiger partial charge in [-0.25, -0.2) is 0 Å². The summed E-state index contributed by atoms with van der Waals surface area (Å²) in [6.45, 7) is 4.42. The number of fused-ring (bicyclic) bond motifs is 12. The molecule has 5 aliphatic rings. The average Bonchev–Trinajstić information content (AvgIpc) is 1.61. The zero-order chi connectivity index (χ0) is 58.1. The largest absolute Gasteiger partial charge is 0.642 e. The van der Waals surface area contributed by atoms with Crippen LogP contribution in [0.15, 0.2) is 162 Å². The molecule has 85 heavy (non-hydrogen) atoms. The van der Waals surface area contributed by atoms with Crippen LogP contribution in [0.25, 0.3) is 50.3 Å². The predicted molar refractivity (Wildman–Crippen MR) is 348 cm³/mol. The predicted octanol–water partition coefficient (Wildman–Crippen LogP) is 19.6. The fourth-order valence-corrected chi connectivity index (χ4v) is 13.8. The summed E-state index contributed by atoms with van der Waals surface area (Å²) < 4.78 is 58.0. The third kappa shape index (κ3) is 12.0. The lowest BCUT2D eigenvalue weighted by Gasteiger charge is -2.34. The Morgan fingerprint density at radius 1 is 0.482 bits per heavy atom. The number of unbranched alkanes of at least 4 members (excludes halogenated alkanes) is 12. The average molecular weight is 1140 g/mol. The van der Waals surface area contributed by atoms with Crippen molar-refractivity contribution >= 4 is 29.9 Å². The summed E-state index contributed by atoms with van der Waals surface area (Å²) in [5.74, 6) is 3.30. The number of benzene rings is 6. The van der Waals surface area contributed by atoms with Crippen LogP contribution < -0.4 is 14.2 Å². The molecular formula is C75H83BF2N4O3. The van der Waals surface area contributed by atoms with Crippen molar-refractivity contribution in [2.24, 2.45) is 4.99 Å². The lowest BCUT2D eigenvalue weighted by atomic mass is 9.82. The highest BCUT2D eigenvalue weighted by molar-refractivity contribution is 6.63. The maximum Gasteiger partial charge on any atom is 0.642 e. The Hall–Kier alpha value is -7.72. The van der Waals surface area contributed by atoms with Crippen LogP contribution in [0.5, 0.6) is 17.2 Å². The molecule has 0 radical (unpaired) electrons. The van der Waals surface area contributed by atoms with Crippen LogP contribution in [0.1, 0.15) is 162 Å². The van der Waals surface area contributed by atoms with E-state index in [2.05, 4.69) is 92.6 Å². The van der Waals surface area contributed by atoms with Gasteiger partial charge in [-0.1, -0.05) is 189 Å². The van der Waals surface area contributed by atoms with Crippen LogP contribution in [-0.4, -0.2) is 52.3 Å². The molecule has 2 aliphatic heterocycles. The van der Waals surface area contributed by atoms with Gasteiger partial charge in [-0.2, -0.15) is 0 Å². The van der Waals surface area contributed by atoms with Crippen molar-refractivity contribution in [2.45, 2.75) is 156 Å². The molecule has 10 heteroatoms. The van der Waals surface area contributed by atoms with E-state index in [1.54, 1.807) is 0 Å². The SMILES string of the molecule is CCCCCCCOc1ccc2c(c1)CCC1=C(c3ccccc3)C3=Nc4c(-c5ccccc5)c5c(n4[B-](F)(F)[N+]3=C12)-c1ccc(OCCCCCCC)cc1CC5.CCCCCCCOc1ccc2c(c1)CCc1c(-c3ccccc3)c[nH]c1-2. The Bertz CT molecular complexity index is 3730. The highest BCUT2D eigenvalue weighted by Crippen LogP contribution is 2.53. The quantitative estimate of drug-likeness (QED) is 0.0484. The number of allylic oxidation sites excluding steroid dienone is 1. The molecule has 0 fully saturated rings. The first-order valence-electron chi connectivity index (χ1n) is 32.3. The topological polar surface area (TPSA) is 63.8 Å². The van der Waals surface area contributed by atoms with Crippen molar-refractivity contribution in [2.75, 3.05) is 19.8 Å². The monoisotopic (exact) mass is 1140 g/mol. The van der Waals surface area contributed by atoms with Crippen LogP contribution in [-0.2, 0) is 32.1 Å². The van der Waals surface area contributed by atoms with Gasteiger partial charge in [0, 0.05) is 39.8 Å². The second-order valence-corrected chi connectivity index (χ2v) is 23.9. The molecular weight excluding hydrogens is 1050 g/mol. The minimum atomic E-state index is -4.42. The van der Waals surface area contributed by atoms with Gasteiger partial charge in [0.1, 0.15) is 17.2 Å². The van der Waals surface area contributed by atoms with Gasteiger partial charge >= 0.3 is 6.97 Å². The van der Waals surface area contributed by atoms with Crippen LogP contribution >= 0.6 is 0 Å². The maximum absolute atomic E-state index is 18.4. The fourth-order valence-electron chi connectivity index (χ4n) is 13.8. The molecule has 0 spiro atoms. The molecule has 2 aromatic heterocycles. The summed E-state index contributed by atoms with van der Waals surface area (Å²) in [4.78, 5) is 8.93. The summed E-state index contributed by atoms with van der Waals surface area (Å²) in [6.07, 6.45) is 25.1. The Kier molecular flexibility index (Phi) is 18.1. The molecule has 0 saturated carbocycles. The van der Waals surface area contributed by atoms with E-state index in [-0.39, 0.29) is 0 Å². The Balaban J connectivity index is 0.000000219. The summed E-state index contributed by atoms with van der Waals surface area (Å²) in [6, 6.07) is 49.4. The normalized spacial score (nSPS) is 14.8. The number of halogens is 2. The van der Waals surface area contributed by atoms with E-state index in [4.69, 9.17) is 19.2 Å². The molecule has 0 saturated heterocycles. The summed E-state index contributed by atoms with van der Waals surface area (Å²) in [7, 11) is 0. The summed E-state index contributed by atoms with van der Waals surface area (Å²) >= 11 is 0. The van der Waals surface area contributed by atoms with Crippen molar-refractivity contribution in [3.8, 4) is 62.0 Å². The fraction of sp³-hybridized carbons (Fsp3) is 0.360. The Labute approximate surface area is 503 Å². The van der Waals surface area contributed by atoms with Crippen LogP contribution in [0.3, 0.4) is 0 Å². The van der Waals surface area contributed by atoms with E-state index in [1.807, 2.05) is 84.9 Å². The number of ether oxygens (including phenoxy) is 3. The zero-order valence-corrected chi connectivity index (χ0v) is 50.3. The maximum atomic E-state index is 18.4. The number of aliphatic imine (C=N–C) groups is 1. The van der Waals surface area contributed by atoms with E-state index in [0.29, 0.717) is 49.1 Å². The van der Waals surface area contributed by atoms with E-state index < -0.39 is 6.97 Å². The number of hydrogen-bond acceptors (Lipinski definition) is 4. The van der Waals surface area contributed by atoms with Crippen molar-refractivity contribution < 1.29 is 27.3 Å². The molecule has 1 N–H and O–H groups in total. The molecule has 7 nitrogen and oxygen atoms in total. The first-order chi connectivity index (χ1) is 41.9. The highest BCUT2D eigenvalue weighted by Gasteiger charge is 2.57. The van der Waals surface area contributed by atoms with Gasteiger partial charge in [0.2, 0.25) is 5.82 Å². The van der Waals surface area contributed by atoms with Gasteiger partial charge in [0.05, 0.1) is 36.7 Å². The summed E-state index contributed by atoms with van der Waals surface area (Å²) in [5.41, 5.74) is 18.2. The van der Waals surface area contributed by atoms with Gasteiger partial charge in [-0.3, -0.25) is 0 Å². The standard InChI is InChI=1S/C50H54BF2N3O2.C25H29NO/c1-3-5-7-9-17-31-57-39-25-29-41-37(33-39)23-27-43-45(35-19-13-11-14-20-35)49-54-50-46(36-21-15-12-16-22-36)44-28-24-38-34-40(58-32-18-10-8-6-4-2)26-30-42(38)48(44)56(50)51(52,53)55(49)47(41)43;1-2-3-4-5-9-16-27-21-13-15-22-20(17-21)12-14-23-24(18-26-25(22)23)19-10-7-6-8-11-19/h11-16,19-22,25-26,29-30,33-34H,3-10,17-18,23-24,27-28,31-32H2,1-2H3;6-8,10-11,13,15,17-18,26H,2-5,9,12,14,16H2,1H3. The molecule has 4 heterocycles. The Morgan fingerprint density at radius 2 is 0.953 bits per heavy atom.